The number of nitrogens with one attached hydrogen (secondary N) is 2. The lowest BCUT2D eigenvalue weighted by Crippen LogP contribution is -2.42. The Bertz CT molecular complexity index is 1340. The normalized spacial score (nSPS) is 17.8. The molecule has 1 saturated heterocycles. The molecule has 4 rings (SSSR count). The van der Waals surface area contributed by atoms with Crippen molar-refractivity contribution in [3.05, 3.63) is 80.1 Å². The van der Waals surface area contributed by atoms with Crippen molar-refractivity contribution < 1.29 is 23.9 Å². The Kier molecular flexibility index (Phi) is 7.29. The van der Waals surface area contributed by atoms with Crippen molar-refractivity contribution in [1.82, 2.24) is 14.8 Å². The van der Waals surface area contributed by atoms with Gasteiger partial charge in [-0.25, -0.2) is 4.39 Å². The van der Waals surface area contributed by atoms with E-state index in [0.29, 0.717) is 9.21 Å². The Balaban J connectivity index is 1.47. The van der Waals surface area contributed by atoms with Crippen molar-refractivity contribution in [3.63, 3.8) is 0 Å². The molecule has 2 amide bonds. The quantitative estimate of drug-likeness (QED) is 0.442. The highest BCUT2D eigenvalue weighted by Crippen LogP contribution is 2.24. The second kappa shape index (κ2) is 10.4. The number of carboxylic acid groups (broad SMARTS) is 1. The first-order valence-corrected chi connectivity index (χ1v) is 11.7. The molecule has 2 atom stereocenters. The Morgan fingerprint density at radius 3 is 2.63 bits per heavy atom. The molecule has 0 saturated carbocycles. The summed E-state index contributed by atoms with van der Waals surface area (Å²) in [4.78, 5) is 50.5. The molecule has 35 heavy (non-hydrogen) atoms. The largest absolute Gasteiger partial charge is 0.480 e. The van der Waals surface area contributed by atoms with Gasteiger partial charge < -0.3 is 15.7 Å². The second-order valence-corrected chi connectivity index (χ2v) is 9.63. The number of aliphatic carboxylic acids is 1. The Morgan fingerprint density at radius 2 is 1.97 bits per heavy atom. The van der Waals surface area contributed by atoms with Gasteiger partial charge in [0, 0.05) is 30.9 Å². The van der Waals surface area contributed by atoms with Crippen LogP contribution < -0.4 is 16.2 Å². The standard InChI is InChI=1S/C23H20ClFN4O5S/c24-19-7-6-18(35-19)23(34)26-13-9-17(28(11-13)12-21(31)32)22(33)27-16-5-4-14(10-15(16)25)29-8-2-1-3-20(29)30/h1-8,10,13,17H,9,11-12H2,(H,26,34)(H,27,33)(H,31,32). The molecule has 3 N–H and O–H groups in total. The molecule has 182 valence electrons. The molecule has 12 heteroatoms. The first-order chi connectivity index (χ1) is 16.7. The molecule has 1 aliphatic heterocycles. The lowest BCUT2D eigenvalue weighted by atomic mass is 10.1. The number of halogens is 2. The number of benzene rings is 1. The number of anilines is 1. The third kappa shape index (κ3) is 5.76. The van der Waals surface area contributed by atoms with Gasteiger partial charge in [0.1, 0.15) is 5.82 Å². The maximum atomic E-state index is 14.8. The minimum atomic E-state index is -1.14. The number of pyridine rings is 1. The van der Waals surface area contributed by atoms with E-state index < -0.39 is 36.3 Å². The van der Waals surface area contributed by atoms with Crippen LogP contribution in [0, 0.1) is 5.82 Å². The molecule has 1 fully saturated rings. The van der Waals surface area contributed by atoms with Gasteiger partial charge >= 0.3 is 5.97 Å². The zero-order valence-electron chi connectivity index (χ0n) is 18.1. The van der Waals surface area contributed by atoms with Crippen LogP contribution in [0.25, 0.3) is 5.69 Å². The molecule has 2 aromatic heterocycles. The van der Waals surface area contributed by atoms with Crippen LogP contribution in [-0.4, -0.2) is 57.5 Å². The summed E-state index contributed by atoms with van der Waals surface area (Å²) in [5, 5.41) is 14.5. The molecule has 1 aromatic carbocycles. The Labute approximate surface area is 207 Å². The third-order valence-electron chi connectivity index (χ3n) is 5.49. The summed E-state index contributed by atoms with van der Waals surface area (Å²) in [7, 11) is 0. The van der Waals surface area contributed by atoms with Gasteiger partial charge in [0.05, 0.1) is 33.2 Å². The summed E-state index contributed by atoms with van der Waals surface area (Å²) in [6.07, 6.45) is 1.64. The van der Waals surface area contributed by atoms with E-state index >= 15 is 0 Å². The van der Waals surface area contributed by atoms with Crippen LogP contribution in [0.5, 0.6) is 0 Å². The summed E-state index contributed by atoms with van der Waals surface area (Å²) < 4.78 is 16.5. The van der Waals surface area contributed by atoms with Gasteiger partial charge in [0.15, 0.2) is 0 Å². The van der Waals surface area contributed by atoms with E-state index in [4.69, 9.17) is 11.6 Å². The smallest absolute Gasteiger partial charge is 0.317 e. The number of thiophene rings is 1. The van der Waals surface area contributed by atoms with Gasteiger partial charge in [-0.2, -0.15) is 0 Å². The zero-order valence-corrected chi connectivity index (χ0v) is 19.7. The topological polar surface area (TPSA) is 121 Å². The van der Waals surface area contributed by atoms with Gasteiger partial charge in [-0.1, -0.05) is 17.7 Å². The van der Waals surface area contributed by atoms with E-state index in [0.717, 1.165) is 17.4 Å². The monoisotopic (exact) mass is 518 g/mol. The van der Waals surface area contributed by atoms with Crippen LogP contribution >= 0.6 is 22.9 Å². The number of hydrogen-bond acceptors (Lipinski definition) is 6. The third-order valence-corrected chi connectivity index (χ3v) is 6.72. The molecule has 0 radical (unpaired) electrons. The number of amides is 2. The van der Waals surface area contributed by atoms with Crippen LogP contribution in [0.15, 0.2) is 59.5 Å². The minimum absolute atomic E-state index is 0.112. The number of nitrogens with zero attached hydrogens (tertiary/aromatic N) is 2. The first-order valence-electron chi connectivity index (χ1n) is 10.5. The number of carbonyl (C=O) groups excluding carboxylic acids is 2. The number of aromatic nitrogens is 1. The van der Waals surface area contributed by atoms with Crippen LogP contribution in [0.3, 0.4) is 0 Å². The van der Waals surface area contributed by atoms with E-state index in [9.17, 15) is 28.7 Å². The average molecular weight is 519 g/mol. The summed E-state index contributed by atoms with van der Waals surface area (Å²) in [5.74, 6) is -2.87. The van der Waals surface area contributed by atoms with Crippen LogP contribution in [-0.2, 0) is 9.59 Å². The highest BCUT2D eigenvalue weighted by molar-refractivity contribution is 7.18. The molecular weight excluding hydrogens is 499 g/mol. The summed E-state index contributed by atoms with van der Waals surface area (Å²) in [6.45, 7) is -0.290. The van der Waals surface area contributed by atoms with E-state index in [-0.39, 0.29) is 35.8 Å². The number of hydrogen-bond donors (Lipinski definition) is 3. The van der Waals surface area contributed by atoms with Crippen molar-refractivity contribution in [1.29, 1.82) is 0 Å². The van der Waals surface area contributed by atoms with Gasteiger partial charge in [-0.15, -0.1) is 11.3 Å². The lowest BCUT2D eigenvalue weighted by Gasteiger charge is -2.21. The second-order valence-electron chi connectivity index (χ2n) is 7.91. The SMILES string of the molecule is O=C(O)CN1CC(NC(=O)c2ccc(Cl)s2)CC1C(=O)Nc1ccc(-n2ccccc2=O)cc1F. The van der Waals surface area contributed by atoms with Crippen molar-refractivity contribution >= 4 is 46.4 Å². The van der Waals surface area contributed by atoms with Crippen LogP contribution in [0.2, 0.25) is 4.34 Å². The van der Waals surface area contributed by atoms with E-state index in [1.54, 1.807) is 24.3 Å². The maximum absolute atomic E-state index is 14.8. The maximum Gasteiger partial charge on any atom is 0.317 e. The summed E-state index contributed by atoms with van der Waals surface area (Å²) in [6, 6.07) is 10.3. The summed E-state index contributed by atoms with van der Waals surface area (Å²) >= 11 is 6.98. The fourth-order valence-corrected chi connectivity index (χ4v) is 4.88. The number of carbonyl (C=O) groups is 3. The van der Waals surface area contributed by atoms with Crippen LogP contribution in [0.4, 0.5) is 10.1 Å². The van der Waals surface area contributed by atoms with Crippen molar-refractivity contribution in [2.75, 3.05) is 18.4 Å². The Hall–Kier alpha value is -3.54. The predicted molar refractivity (Wildman–Crippen MR) is 129 cm³/mol. The first kappa shape index (κ1) is 24.6. The molecule has 3 aromatic rings. The van der Waals surface area contributed by atoms with Crippen LogP contribution in [0.1, 0.15) is 16.1 Å². The molecule has 1 aliphatic rings. The van der Waals surface area contributed by atoms with Crippen molar-refractivity contribution in [2.24, 2.45) is 0 Å². The minimum Gasteiger partial charge on any atom is -0.480 e. The zero-order chi connectivity index (χ0) is 25.1. The van der Waals surface area contributed by atoms with Gasteiger partial charge in [0.25, 0.3) is 11.5 Å². The fraction of sp³-hybridized carbons (Fsp3) is 0.217. The predicted octanol–water partition coefficient (Wildman–Crippen LogP) is 2.59. The fourth-order valence-electron chi connectivity index (χ4n) is 3.93. The summed E-state index contributed by atoms with van der Waals surface area (Å²) in [5.41, 5.74) is -0.161. The van der Waals surface area contributed by atoms with Gasteiger partial charge in [-0.05, 0) is 36.8 Å². The van der Waals surface area contributed by atoms with Crippen molar-refractivity contribution in [2.45, 2.75) is 18.5 Å². The molecular formula is C23H20ClFN4O5S. The van der Waals surface area contributed by atoms with E-state index in [2.05, 4.69) is 10.6 Å². The number of rotatable bonds is 7. The highest BCUT2D eigenvalue weighted by atomic mass is 35.5. The average Bonchev–Trinajstić information content (AvgIpc) is 3.41. The molecule has 9 nitrogen and oxygen atoms in total. The molecule has 2 unspecified atom stereocenters. The van der Waals surface area contributed by atoms with Crippen molar-refractivity contribution in [3.8, 4) is 5.69 Å². The molecule has 0 bridgehead atoms. The highest BCUT2D eigenvalue weighted by Gasteiger charge is 2.38. The Morgan fingerprint density at radius 1 is 1.17 bits per heavy atom. The van der Waals surface area contributed by atoms with E-state index in [1.807, 2.05) is 0 Å². The van der Waals surface area contributed by atoms with E-state index in [1.165, 1.54) is 33.9 Å². The number of carboxylic acids is 1. The molecule has 0 aliphatic carbocycles. The van der Waals surface area contributed by atoms with Gasteiger partial charge in [0.2, 0.25) is 5.91 Å². The van der Waals surface area contributed by atoms with Gasteiger partial charge in [-0.3, -0.25) is 28.6 Å². The molecule has 0 spiro atoms. The molecule has 3 heterocycles. The lowest BCUT2D eigenvalue weighted by molar-refractivity contribution is -0.139. The number of likely N-dealkylation sites (tertiary alicyclic amines) is 1.